The molecule has 0 saturated heterocycles. The molecule has 0 atom stereocenters. The van der Waals surface area contributed by atoms with Gasteiger partial charge >= 0.3 is 0 Å². The Kier molecular flexibility index (Phi) is 7.28. The first-order valence-electron chi connectivity index (χ1n) is 7.29. The van der Waals surface area contributed by atoms with Crippen LogP contribution in [0.25, 0.3) is 0 Å². The lowest BCUT2D eigenvalue weighted by molar-refractivity contribution is -0.123. The van der Waals surface area contributed by atoms with E-state index in [9.17, 15) is 9.90 Å². The molecule has 2 rings (SSSR count). The van der Waals surface area contributed by atoms with E-state index >= 15 is 0 Å². The summed E-state index contributed by atoms with van der Waals surface area (Å²) in [6.45, 7) is -0.241. The summed E-state index contributed by atoms with van der Waals surface area (Å²) in [5.41, 5.74) is 2.76. The van der Waals surface area contributed by atoms with E-state index in [0.29, 0.717) is 31.8 Å². The van der Waals surface area contributed by atoms with Crippen molar-refractivity contribution in [2.45, 2.75) is 0 Å². The molecule has 2 aromatic carbocycles. The Morgan fingerprint density at radius 3 is 2.38 bits per heavy atom. The zero-order valence-corrected chi connectivity index (χ0v) is 17.1. The maximum atomic E-state index is 11.8. The highest BCUT2D eigenvalue weighted by Gasteiger charge is 2.11. The van der Waals surface area contributed by atoms with E-state index in [1.54, 1.807) is 31.4 Å². The summed E-state index contributed by atoms with van der Waals surface area (Å²) in [6, 6.07) is 8.19. The zero-order chi connectivity index (χ0) is 19.1. The first kappa shape index (κ1) is 20.1. The summed E-state index contributed by atoms with van der Waals surface area (Å²) >= 11 is 6.71. The third kappa shape index (κ3) is 5.37. The van der Waals surface area contributed by atoms with E-state index in [1.165, 1.54) is 19.4 Å². The Hall–Kier alpha value is -2.26. The van der Waals surface area contributed by atoms with E-state index in [2.05, 4.69) is 42.4 Å². The van der Waals surface area contributed by atoms with Gasteiger partial charge in [-0.2, -0.15) is 5.10 Å². The van der Waals surface area contributed by atoms with Crippen molar-refractivity contribution in [3.05, 3.63) is 44.8 Å². The minimum Gasteiger partial charge on any atom is -0.507 e. The molecule has 26 heavy (non-hydrogen) atoms. The molecule has 0 bridgehead atoms. The summed E-state index contributed by atoms with van der Waals surface area (Å²) in [6.07, 6.45) is 1.33. The van der Waals surface area contributed by atoms with Gasteiger partial charge in [-0.15, -0.1) is 0 Å². The van der Waals surface area contributed by atoms with Crippen molar-refractivity contribution in [1.29, 1.82) is 0 Å². The van der Waals surface area contributed by atoms with Crippen LogP contribution in [0.2, 0.25) is 0 Å². The average Bonchev–Trinajstić information content (AvgIpc) is 2.62. The van der Waals surface area contributed by atoms with Gasteiger partial charge in [-0.3, -0.25) is 4.79 Å². The van der Waals surface area contributed by atoms with E-state index in [0.717, 1.165) is 0 Å². The van der Waals surface area contributed by atoms with Crippen molar-refractivity contribution >= 4 is 44.0 Å². The van der Waals surface area contributed by atoms with Crippen molar-refractivity contribution in [2.24, 2.45) is 5.10 Å². The van der Waals surface area contributed by atoms with Crippen LogP contribution in [0.3, 0.4) is 0 Å². The monoisotopic (exact) mass is 486 g/mol. The molecule has 1 amide bonds. The molecule has 7 nitrogen and oxygen atoms in total. The van der Waals surface area contributed by atoms with Gasteiger partial charge < -0.3 is 19.3 Å². The van der Waals surface area contributed by atoms with Gasteiger partial charge in [0, 0.05) is 11.6 Å². The van der Waals surface area contributed by atoms with Gasteiger partial charge in [-0.1, -0.05) is 0 Å². The first-order chi connectivity index (χ1) is 12.4. The van der Waals surface area contributed by atoms with Crippen LogP contribution in [-0.4, -0.2) is 38.1 Å². The fraction of sp³-hybridized carbons (Fsp3) is 0.176. The fourth-order valence-electron chi connectivity index (χ4n) is 1.90. The van der Waals surface area contributed by atoms with Crippen molar-refractivity contribution in [1.82, 2.24) is 5.43 Å². The van der Waals surface area contributed by atoms with Crippen molar-refractivity contribution in [3.8, 4) is 23.0 Å². The molecule has 0 aromatic heterocycles. The Bertz CT molecular complexity index is 804. The number of amides is 1. The normalized spacial score (nSPS) is 10.6. The van der Waals surface area contributed by atoms with E-state index in [4.69, 9.17) is 14.2 Å². The summed E-state index contributed by atoms with van der Waals surface area (Å²) in [5.74, 6) is 1.17. The number of carbonyl (C=O) groups is 1. The topological polar surface area (TPSA) is 89.4 Å². The Morgan fingerprint density at radius 2 is 1.81 bits per heavy atom. The van der Waals surface area contributed by atoms with Gasteiger partial charge in [0.1, 0.15) is 23.0 Å². The number of phenolic OH excluding ortho intramolecular Hbond substituents is 1. The van der Waals surface area contributed by atoms with Gasteiger partial charge in [-0.25, -0.2) is 5.43 Å². The summed E-state index contributed by atoms with van der Waals surface area (Å²) in [4.78, 5) is 11.8. The lowest BCUT2D eigenvalue weighted by atomic mass is 10.2. The smallest absolute Gasteiger partial charge is 0.277 e. The van der Waals surface area contributed by atoms with Crippen LogP contribution in [0.15, 0.2) is 44.4 Å². The minimum atomic E-state index is -0.455. The number of hydrogen-bond donors (Lipinski definition) is 2. The Balaban J connectivity index is 1.92. The molecular weight excluding hydrogens is 472 g/mol. The molecular formula is C17H16Br2N2O5. The standard InChI is InChI=1S/C17H16Br2N2O5/c1-24-11-4-3-10(15(22)7-11)8-20-21-16(23)9-26-17-13(18)5-12(25-2)6-14(17)19/h3-8,22H,9H2,1-2H3,(H,21,23)/b20-8+. The summed E-state index contributed by atoms with van der Waals surface area (Å²) in [7, 11) is 3.06. The predicted molar refractivity (Wildman–Crippen MR) is 104 cm³/mol. The largest absolute Gasteiger partial charge is 0.507 e. The molecule has 0 spiro atoms. The van der Waals surface area contributed by atoms with Crippen LogP contribution in [-0.2, 0) is 4.79 Å². The number of methoxy groups -OCH3 is 2. The van der Waals surface area contributed by atoms with E-state index in [1.807, 2.05) is 0 Å². The third-order valence-electron chi connectivity index (χ3n) is 3.19. The van der Waals surface area contributed by atoms with Crippen LogP contribution >= 0.6 is 31.9 Å². The Morgan fingerprint density at radius 1 is 1.15 bits per heavy atom. The van der Waals surface area contributed by atoms with Crippen molar-refractivity contribution < 1.29 is 24.1 Å². The van der Waals surface area contributed by atoms with Crippen LogP contribution in [0, 0.1) is 0 Å². The van der Waals surface area contributed by atoms with Gasteiger partial charge in [0.05, 0.1) is 29.4 Å². The van der Waals surface area contributed by atoms with E-state index in [-0.39, 0.29) is 12.4 Å². The van der Waals surface area contributed by atoms with Crippen molar-refractivity contribution in [2.75, 3.05) is 20.8 Å². The molecule has 0 aliphatic heterocycles. The summed E-state index contributed by atoms with van der Waals surface area (Å²) < 4.78 is 16.9. The number of nitrogens with one attached hydrogen (secondary N) is 1. The molecule has 0 radical (unpaired) electrons. The highest BCUT2D eigenvalue weighted by atomic mass is 79.9. The second kappa shape index (κ2) is 9.44. The predicted octanol–water partition coefficient (Wildman–Crippen LogP) is 3.46. The zero-order valence-electron chi connectivity index (χ0n) is 14.0. The summed E-state index contributed by atoms with van der Waals surface area (Å²) in [5, 5.41) is 13.6. The van der Waals surface area contributed by atoms with Crippen LogP contribution in [0.4, 0.5) is 0 Å². The molecule has 9 heteroatoms. The fourth-order valence-corrected chi connectivity index (χ4v) is 3.27. The number of hydrogen-bond acceptors (Lipinski definition) is 6. The van der Waals surface area contributed by atoms with Gasteiger partial charge in [0.15, 0.2) is 6.61 Å². The third-order valence-corrected chi connectivity index (χ3v) is 4.36. The number of aromatic hydroxyl groups is 1. The molecule has 0 unspecified atom stereocenters. The number of nitrogens with zero attached hydrogens (tertiary/aromatic N) is 1. The van der Waals surface area contributed by atoms with Crippen LogP contribution < -0.4 is 19.6 Å². The van der Waals surface area contributed by atoms with Crippen LogP contribution in [0.1, 0.15) is 5.56 Å². The minimum absolute atomic E-state index is 0.00954. The lowest BCUT2D eigenvalue weighted by Gasteiger charge is -2.11. The quantitative estimate of drug-likeness (QED) is 0.461. The highest BCUT2D eigenvalue weighted by Crippen LogP contribution is 2.37. The molecule has 138 valence electrons. The average molecular weight is 488 g/mol. The number of phenols is 1. The SMILES string of the molecule is COc1ccc(/C=N/NC(=O)COc2c(Br)cc(OC)cc2Br)c(O)c1. The number of benzene rings is 2. The number of hydrazone groups is 1. The molecule has 0 aliphatic rings. The van der Waals surface area contributed by atoms with Crippen LogP contribution in [0.5, 0.6) is 23.0 Å². The lowest BCUT2D eigenvalue weighted by Crippen LogP contribution is -2.24. The second-order valence-electron chi connectivity index (χ2n) is 4.93. The molecule has 0 heterocycles. The Labute approximate surface area is 167 Å². The molecule has 0 aliphatic carbocycles. The highest BCUT2D eigenvalue weighted by molar-refractivity contribution is 9.11. The number of rotatable bonds is 7. The van der Waals surface area contributed by atoms with Gasteiger partial charge in [0.2, 0.25) is 0 Å². The molecule has 0 saturated carbocycles. The maximum Gasteiger partial charge on any atom is 0.277 e. The number of halogens is 2. The van der Waals surface area contributed by atoms with E-state index < -0.39 is 5.91 Å². The number of carbonyl (C=O) groups excluding carboxylic acids is 1. The second-order valence-corrected chi connectivity index (χ2v) is 6.64. The van der Waals surface area contributed by atoms with Gasteiger partial charge in [0.25, 0.3) is 5.91 Å². The first-order valence-corrected chi connectivity index (χ1v) is 8.88. The maximum absolute atomic E-state index is 11.8. The molecule has 2 N–H and O–H groups in total. The van der Waals surface area contributed by atoms with Crippen molar-refractivity contribution in [3.63, 3.8) is 0 Å². The van der Waals surface area contributed by atoms with Gasteiger partial charge in [-0.05, 0) is 56.1 Å². The molecule has 2 aromatic rings. The number of ether oxygens (including phenoxy) is 3. The molecule has 0 fully saturated rings.